The third kappa shape index (κ3) is 2.33. The van der Waals surface area contributed by atoms with Gasteiger partial charge in [0.1, 0.15) is 5.54 Å². The molecule has 1 N–H and O–H groups in total. The highest BCUT2D eigenvalue weighted by molar-refractivity contribution is 6.23. The molecule has 4 heteroatoms. The first-order valence-corrected chi connectivity index (χ1v) is 7.79. The lowest BCUT2D eigenvalue weighted by atomic mass is 9.75. The molecule has 0 bridgehead atoms. The summed E-state index contributed by atoms with van der Waals surface area (Å²) in [6, 6.07) is 7.27. The zero-order valence-corrected chi connectivity index (χ0v) is 12.7. The van der Waals surface area contributed by atoms with Gasteiger partial charge in [-0.3, -0.25) is 4.79 Å². The minimum Gasteiger partial charge on any atom is -0.323 e. The number of nitrogens with one attached hydrogen (secondary N) is 1. The molecule has 0 radical (unpaired) electrons. The van der Waals surface area contributed by atoms with Gasteiger partial charge in [0.15, 0.2) is 0 Å². The maximum absolute atomic E-state index is 12.8. The van der Waals surface area contributed by atoms with Gasteiger partial charge in [-0.25, -0.2) is 9.69 Å². The van der Waals surface area contributed by atoms with Crippen LogP contribution < -0.4 is 10.2 Å². The highest BCUT2D eigenvalue weighted by Gasteiger charge is 2.52. The Morgan fingerprint density at radius 1 is 1.29 bits per heavy atom. The Hall–Kier alpha value is -1.84. The molecule has 1 aromatic carbocycles. The molecule has 1 saturated carbocycles. The summed E-state index contributed by atoms with van der Waals surface area (Å²) in [5.41, 5.74) is 1.06. The highest BCUT2D eigenvalue weighted by atomic mass is 16.2. The van der Waals surface area contributed by atoms with Gasteiger partial charge in [-0.05, 0) is 56.2 Å². The van der Waals surface area contributed by atoms with Crippen molar-refractivity contribution in [3.8, 4) is 0 Å². The second-order valence-corrected chi connectivity index (χ2v) is 6.34. The fourth-order valence-corrected chi connectivity index (χ4v) is 3.54. The molecule has 0 unspecified atom stereocenters. The summed E-state index contributed by atoms with van der Waals surface area (Å²) >= 11 is 0. The van der Waals surface area contributed by atoms with Crippen LogP contribution in [-0.4, -0.2) is 17.5 Å². The van der Waals surface area contributed by atoms with Gasteiger partial charge < -0.3 is 5.32 Å². The molecule has 1 aromatic rings. The topological polar surface area (TPSA) is 49.4 Å². The maximum Gasteiger partial charge on any atom is 0.329 e. The highest BCUT2D eigenvalue weighted by Crippen LogP contribution is 2.39. The van der Waals surface area contributed by atoms with E-state index in [0.717, 1.165) is 37.7 Å². The van der Waals surface area contributed by atoms with E-state index in [-0.39, 0.29) is 11.9 Å². The SMILES string of the molecule is CCC1CCC2(CC1)NC(=O)N(c1cccc(C)c1)C2=O. The van der Waals surface area contributed by atoms with Crippen molar-refractivity contribution in [1.82, 2.24) is 5.32 Å². The summed E-state index contributed by atoms with van der Waals surface area (Å²) in [7, 11) is 0. The number of urea groups is 1. The quantitative estimate of drug-likeness (QED) is 0.847. The summed E-state index contributed by atoms with van der Waals surface area (Å²) < 4.78 is 0. The van der Waals surface area contributed by atoms with E-state index in [2.05, 4.69) is 12.2 Å². The van der Waals surface area contributed by atoms with E-state index in [0.29, 0.717) is 11.6 Å². The van der Waals surface area contributed by atoms with Crippen molar-refractivity contribution >= 4 is 17.6 Å². The lowest BCUT2D eigenvalue weighted by Crippen LogP contribution is -2.49. The molecule has 4 nitrogen and oxygen atoms in total. The minimum absolute atomic E-state index is 0.0762. The van der Waals surface area contributed by atoms with E-state index in [1.54, 1.807) is 0 Å². The standard InChI is InChI=1S/C17H22N2O2/c1-3-13-7-9-17(10-8-13)15(20)19(16(21)18-17)14-6-4-5-12(2)11-14/h4-6,11,13H,3,7-10H2,1-2H3,(H,18,21). The van der Waals surface area contributed by atoms with Crippen LogP contribution in [0.25, 0.3) is 0 Å². The monoisotopic (exact) mass is 286 g/mol. The summed E-state index contributed by atoms with van der Waals surface area (Å²) in [6.07, 6.45) is 4.71. The van der Waals surface area contributed by atoms with Gasteiger partial charge in [-0.1, -0.05) is 25.5 Å². The smallest absolute Gasteiger partial charge is 0.323 e. The van der Waals surface area contributed by atoms with Crippen LogP contribution in [-0.2, 0) is 4.79 Å². The first-order valence-electron chi connectivity index (χ1n) is 7.79. The van der Waals surface area contributed by atoms with Crippen LogP contribution in [0, 0.1) is 12.8 Å². The number of amides is 3. The van der Waals surface area contributed by atoms with Gasteiger partial charge >= 0.3 is 6.03 Å². The molecule has 2 fully saturated rings. The van der Waals surface area contributed by atoms with Gasteiger partial charge in [0.05, 0.1) is 5.69 Å². The first kappa shape index (κ1) is 14.1. The summed E-state index contributed by atoms with van der Waals surface area (Å²) in [5, 5.41) is 2.97. The van der Waals surface area contributed by atoms with Crippen LogP contribution in [0.5, 0.6) is 0 Å². The summed E-state index contributed by atoms with van der Waals surface area (Å²) in [5.74, 6) is 0.612. The predicted molar refractivity (Wildman–Crippen MR) is 82.2 cm³/mol. The molecule has 3 rings (SSSR count). The third-order valence-corrected chi connectivity index (χ3v) is 4.96. The number of rotatable bonds is 2. The largest absolute Gasteiger partial charge is 0.329 e. The lowest BCUT2D eigenvalue weighted by molar-refractivity contribution is -0.123. The predicted octanol–water partition coefficient (Wildman–Crippen LogP) is 3.39. The van der Waals surface area contributed by atoms with Crippen LogP contribution in [0.2, 0.25) is 0 Å². The Balaban J connectivity index is 1.86. The number of hydrogen-bond donors (Lipinski definition) is 1. The number of carbonyl (C=O) groups is 2. The number of nitrogens with zero attached hydrogens (tertiary/aromatic N) is 1. The third-order valence-electron chi connectivity index (χ3n) is 4.96. The van der Waals surface area contributed by atoms with Crippen molar-refractivity contribution in [3.63, 3.8) is 0 Å². The molecule has 2 aliphatic rings. The average molecular weight is 286 g/mol. The van der Waals surface area contributed by atoms with E-state index in [9.17, 15) is 9.59 Å². The number of aryl methyl sites for hydroxylation is 1. The second kappa shape index (κ2) is 5.17. The molecular weight excluding hydrogens is 264 g/mol. The molecule has 1 spiro atoms. The van der Waals surface area contributed by atoms with E-state index in [1.165, 1.54) is 4.90 Å². The zero-order chi connectivity index (χ0) is 15.0. The van der Waals surface area contributed by atoms with E-state index < -0.39 is 5.54 Å². The molecule has 1 saturated heterocycles. The van der Waals surface area contributed by atoms with Gasteiger partial charge in [0.2, 0.25) is 0 Å². The van der Waals surface area contributed by atoms with E-state index in [4.69, 9.17) is 0 Å². The Morgan fingerprint density at radius 2 is 2.00 bits per heavy atom. The molecular formula is C17H22N2O2. The van der Waals surface area contributed by atoms with Crippen molar-refractivity contribution in [2.45, 2.75) is 51.5 Å². The Kier molecular flexibility index (Phi) is 3.47. The normalized spacial score (nSPS) is 29.0. The molecule has 1 aliphatic carbocycles. The maximum atomic E-state index is 12.8. The Bertz CT molecular complexity index is 574. The van der Waals surface area contributed by atoms with Crippen molar-refractivity contribution < 1.29 is 9.59 Å². The average Bonchev–Trinajstić information content (AvgIpc) is 2.71. The fourth-order valence-electron chi connectivity index (χ4n) is 3.54. The fraction of sp³-hybridized carbons (Fsp3) is 0.529. The Morgan fingerprint density at radius 3 is 2.62 bits per heavy atom. The van der Waals surface area contributed by atoms with Crippen molar-refractivity contribution in [2.24, 2.45) is 5.92 Å². The van der Waals surface area contributed by atoms with Gasteiger partial charge in [0, 0.05) is 0 Å². The van der Waals surface area contributed by atoms with Gasteiger partial charge in [-0.2, -0.15) is 0 Å². The van der Waals surface area contributed by atoms with Crippen molar-refractivity contribution in [1.29, 1.82) is 0 Å². The van der Waals surface area contributed by atoms with E-state index >= 15 is 0 Å². The van der Waals surface area contributed by atoms with Crippen LogP contribution in [0.3, 0.4) is 0 Å². The number of benzene rings is 1. The molecule has 3 amide bonds. The van der Waals surface area contributed by atoms with Gasteiger partial charge in [-0.15, -0.1) is 0 Å². The second-order valence-electron chi connectivity index (χ2n) is 6.34. The van der Waals surface area contributed by atoms with Gasteiger partial charge in [0.25, 0.3) is 5.91 Å². The van der Waals surface area contributed by atoms with Crippen LogP contribution in [0.4, 0.5) is 10.5 Å². The lowest BCUT2D eigenvalue weighted by Gasteiger charge is -2.34. The van der Waals surface area contributed by atoms with Crippen molar-refractivity contribution in [3.05, 3.63) is 29.8 Å². The minimum atomic E-state index is -0.660. The van der Waals surface area contributed by atoms with Crippen LogP contribution >= 0.6 is 0 Å². The van der Waals surface area contributed by atoms with Crippen LogP contribution in [0.15, 0.2) is 24.3 Å². The van der Waals surface area contributed by atoms with Crippen LogP contribution in [0.1, 0.15) is 44.6 Å². The number of anilines is 1. The number of carbonyl (C=O) groups excluding carboxylic acids is 2. The molecule has 21 heavy (non-hydrogen) atoms. The van der Waals surface area contributed by atoms with E-state index in [1.807, 2.05) is 31.2 Å². The molecule has 0 atom stereocenters. The number of hydrogen-bond acceptors (Lipinski definition) is 2. The molecule has 0 aromatic heterocycles. The first-order chi connectivity index (χ1) is 10.1. The number of imide groups is 1. The molecule has 1 heterocycles. The molecule has 112 valence electrons. The summed E-state index contributed by atoms with van der Waals surface area (Å²) in [4.78, 5) is 26.5. The molecule has 1 aliphatic heterocycles. The zero-order valence-electron chi connectivity index (χ0n) is 12.7. The summed E-state index contributed by atoms with van der Waals surface area (Å²) in [6.45, 7) is 4.15. The van der Waals surface area contributed by atoms with Crippen molar-refractivity contribution in [2.75, 3.05) is 4.90 Å². The Labute approximate surface area is 125 Å².